The molecular formula is C16H27N3O4S. The van der Waals surface area contributed by atoms with Crippen molar-refractivity contribution in [2.75, 3.05) is 19.6 Å². The lowest BCUT2D eigenvalue weighted by Gasteiger charge is -2.33. The lowest BCUT2D eigenvalue weighted by atomic mass is 9.85. The van der Waals surface area contributed by atoms with Crippen LogP contribution >= 0.6 is 0 Å². The Bertz CT molecular complexity index is 656. The van der Waals surface area contributed by atoms with Gasteiger partial charge in [0, 0.05) is 25.6 Å². The number of sulfonamides is 1. The molecular weight excluding hydrogens is 330 g/mol. The van der Waals surface area contributed by atoms with E-state index in [9.17, 15) is 13.2 Å². The lowest BCUT2D eigenvalue weighted by molar-refractivity contribution is -0.126. The molecule has 0 saturated carbocycles. The average Bonchev–Trinajstić information content (AvgIpc) is 2.91. The molecule has 0 aromatic carbocycles. The van der Waals surface area contributed by atoms with Gasteiger partial charge in [0.15, 0.2) is 5.76 Å². The summed E-state index contributed by atoms with van der Waals surface area (Å²) in [5, 5.41) is 6.66. The van der Waals surface area contributed by atoms with Crippen molar-refractivity contribution in [3.63, 3.8) is 0 Å². The maximum atomic E-state index is 12.8. The summed E-state index contributed by atoms with van der Waals surface area (Å²) < 4.78 is 32.0. The van der Waals surface area contributed by atoms with Crippen LogP contribution < -0.4 is 5.32 Å². The summed E-state index contributed by atoms with van der Waals surface area (Å²) in [6, 6.07) is 0. The molecule has 1 aromatic rings. The summed E-state index contributed by atoms with van der Waals surface area (Å²) in [7, 11) is -3.59. The van der Waals surface area contributed by atoms with E-state index in [0.29, 0.717) is 43.9 Å². The van der Waals surface area contributed by atoms with Crippen molar-refractivity contribution in [1.82, 2.24) is 14.8 Å². The first kappa shape index (κ1) is 18.9. The third-order valence-corrected chi connectivity index (χ3v) is 6.88. The van der Waals surface area contributed by atoms with Crippen LogP contribution in [0, 0.1) is 25.7 Å². The Morgan fingerprint density at radius 2 is 2.00 bits per heavy atom. The zero-order valence-electron chi connectivity index (χ0n) is 14.8. The van der Waals surface area contributed by atoms with E-state index >= 15 is 0 Å². The van der Waals surface area contributed by atoms with Crippen molar-refractivity contribution < 1.29 is 17.7 Å². The summed E-state index contributed by atoms with van der Waals surface area (Å²) >= 11 is 0. The molecule has 1 amide bonds. The smallest absolute Gasteiger partial charge is 0.248 e. The zero-order valence-corrected chi connectivity index (χ0v) is 15.6. The third-order valence-electron chi connectivity index (χ3n) is 4.73. The van der Waals surface area contributed by atoms with E-state index in [0.717, 1.165) is 6.42 Å². The number of amides is 1. The normalized spacial score (nSPS) is 18.5. The molecule has 7 nitrogen and oxygen atoms in total. The predicted octanol–water partition coefficient (Wildman–Crippen LogP) is 1.85. The van der Waals surface area contributed by atoms with Gasteiger partial charge in [0.05, 0.1) is 0 Å². The molecule has 2 rings (SSSR count). The molecule has 0 spiro atoms. The Kier molecular flexibility index (Phi) is 6.03. The standard InChI is InChI=1S/C16H27N3O4S/c1-5-8-17-16(20)11(2)14-6-9-19(10-7-14)24(21,22)15-12(3)18-23-13(15)4/h11,14H,5-10H2,1-4H3,(H,17,20)/t11-/m1/s1. The number of carbonyl (C=O) groups excluding carboxylic acids is 1. The molecule has 0 bridgehead atoms. The fraction of sp³-hybridized carbons (Fsp3) is 0.750. The van der Waals surface area contributed by atoms with Crippen molar-refractivity contribution in [2.24, 2.45) is 11.8 Å². The Balaban J connectivity index is 2.01. The van der Waals surface area contributed by atoms with Crippen LogP contribution in [0.5, 0.6) is 0 Å². The molecule has 0 radical (unpaired) electrons. The van der Waals surface area contributed by atoms with E-state index in [1.807, 2.05) is 13.8 Å². The van der Waals surface area contributed by atoms with Crippen molar-refractivity contribution >= 4 is 15.9 Å². The van der Waals surface area contributed by atoms with E-state index in [-0.39, 0.29) is 22.6 Å². The van der Waals surface area contributed by atoms with E-state index < -0.39 is 10.0 Å². The number of rotatable bonds is 6. The Morgan fingerprint density at radius 1 is 1.38 bits per heavy atom. The van der Waals surface area contributed by atoms with E-state index in [4.69, 9.17) is 4.52 Å². The second-order valence-electron chi connectivity index (χ2n) is 6.47. The van der Waals surface area contributed by atoms with Crippen LogP contribution in [0.25, 0.3) is 0 Å². The molecule has 0 aliphatic carbocycles. The zero-order chi connectivity index (χ0) is 17.9. The van der Waals surface area contributed by atoms with Crippen molar-refractivity contribution in [1.29, 1.82) is 0 Å². The maximum Gasteiger partial charge on any atom is 0.248 e. The van der Waals surface area contributed by atoms with Crippen LogP contribution in [-0.2, 0) is 14.8 Å². The molecule has 2 heterocycles. The average molecular weight is 357 g/mol. The van der Waals surface area contributed by atoms with Crippen LogP contribution in [0.1, 0.15) is 44.6 Å². The minimum Gasteiger partial charge on any atom is -0.360 e. The van der Waals surface area contributed by atoms with Crippen molar-refractivity contribution in [2.45, 2.75) is 51.9 Å². The number of aromatic nitrogens is 1. The van der Waals surface area contributed by atoms with Gasteiger partial charge in [0.1, 0.15) is 10.6 Å². The van der Waals surface area contributed by atoms with Gasteiger partial charge in [0.2, 0.25) is 15.9 Å². The molecule has 1 saturated heterocycles. The van der Waals surface area contributed by atoms with Gasteiger partial charge in [-0.15, -0.1) is 0 Å². The molecule has 1 fully saturated rings. The van der Waals surface area contributed by atoms with Gasteiger partial charge >= 0.3 is 0 Å². The highest BCUT2D eigenvalue weighted by Crippen LogP contribution is 2.30. The summed E-state index contributed by atoms with van der Waals surface area (Å²) in [4.78, 5) is 12.3. The highest BCUT2D eigenvalue weighted by Gasteiger charge is 2.36. The van der Waals surface area contributed by atoms with Crippen LogP contribution in [0.4, 0.5) is 0 Å². The molecule has 0 unspecified atom stereocenters. The molecule has 1 aromatic heterocycles. The van der Waals surface area contributed by atoms with Crippen LogP contribution in [0.3, 0.4) is 0 Å². The van der Waals surface area contributed by atoms with Gasteiger partial charge < -0.3 is 9.84 Å². The maximum absolute atomic E-state index is 12.8. The largest absolute Gasteiger partial charge is 0.360 e. The Morgan fingerprint density at radius 3 is 2.50 bits per heavy atom. The molecule has 24 heavy (non-hydrogen) atoms. The first-order chi connectivity index (χ1) is 11.3. The Labute approximate surface area is 143 Å². The lowest BCUT2D eigenvalue weighted by Crippen LogP contribution is -2.42. The summed E-state index contributed by atoms with van der Waals surface area (Å²) in [5.41, 5.74) is 0.391. The van der Waals surface area contributed by atoms with Crippen LogP contribution in [0.15, 0.2) is 9.42 Å². The molecule has 1 aliphatic rings. The van der Waals surface area contributed by atoms with E-state index in [2.05, 4.69) is 10.5 Å². The SMILES string of the molecule is CCCNC(=O)[C@H](C)C1CCN(S(=O)(=O)c2c(C)noc2C)CC1. The second-order valence-corrected chi connectivity index (χ2v) is 8.35. The topological polar surface area (TPSA) is 92.5 Å². The number of nitrogens with zero attached hydrogens (tertiary/aromatic N) is 2. The third kappa shape index (κ3) is 3.80. The molecule has 136 valence electrons. The number of piperidine rings is 1. The van der Waals surface area contributed by atoms with E-state index in [1.54, 1.807) is 13.8 Å². The quantitative estimate of drug-likeness (QED) is 0.839. The number of nitrogens with one attached hydrogen (secondary N) is 1. The molecule has 1 aliphatic heterocycles. The fourth-order valence-corrected chi connectivity index (χ4v) is 4.97. The van der Waals surface area contributed by atoms with Crippen LogP contribution in [0.2, 0.25) is 0 Å². The Hall–Kier alpha value is -1.41. The number of aryl methyl sites for hydroxylation is 2. The van der Waals surface area contributed by atoms with Gasteiger partial charge in [0.25, 0.3) is 0 Å². The fourth-order valence-electron chi connectivity index (χ4n) is 3.21. The van der Waals surface area contributed by atoms with Crippen LogP contribution in [-0.4, -0.2) is 43.4 Å². The minimum absolute atomic E-state index is 0.0591. The predicted molar refractivity (Wildman–Crippen MR) is 89.9 cm³/mol. The van der Waals surface area contributed by atoms with Gasteiger partial charge in [-0.25, -0.2) is 8.42 Å². The summed E-state index contributed by atoms with van der Waals surface area (Å²) in [6.45, 7) is 8.71. The number of hydrogen-bond acceptors (Lipinski definition) is 5. The monoisotopic (exact) mass is 357 g/mol. The molecule has 8 heteroatoms. The van der Waals surface area contributed by atoms with Crippen molar-refractivity contribution in [3.05, 3.63) is 11.5 Å². The van der Waals surface area contributed by atoms with E-state index in [1.165, 1.54) is 4.31 Å². The number of carbonyl (C=O) groups is 1. The highest BCUT2D eigenvalue weighted by atomic mass is 32.2. The van der Waals surface area contributed by atoms with Gasteiger partial charge in [-0.1, -0.05) is 19.0 Å². The highest BCUT2D eigenvalue weighted by molar-refractivity contribution is 7.89. The van der Waals surface area contributed by atoms with Gasteiger partial charge in [-0.2, -0.15) is 4.31 Å². The van der Waals surface area contributed by atoms with Crippen molar-refractivity contribution in [3.8, 4) is 0 Å². The minimum atomic E-state index is -3.59. The molecule has 1 atom stereocenters. The van der Waals surface area contributed by atoms with Gasteiger partial charge in [-0.3, -0.25) is 4.79 Å². The first-order valence-corrected chi connectivity index (χ1v) is 9.93. The second kappa shape index (κ2) is 7.65. The summed E-state index contributed by atoms with van der Waals surface area (Å²) in [5.74, 6) is 0.490. The number of hydrogen-bond donors (Lipinski definition) is 1. The molecule has 1 N–H and O–H groups in total. The first-order valence-electron chi connectivity index (χ1n) is 8.49. The van der Waals surface area contributed by atoms with Gasteiger partial charge in [-0.05, 0) is 39.0 Å². The summed E-state index contributed by atoms with van der Waals surface area (Å²) in [6.07, 6.45) is 2.28.